The largest absolute Gasteiger partial charge is 0.479 e. The number of hydrogen-bond acceptors (Lipinski definition) is 6. The molecule has 0 amide bonds. The van der Waals surface area contributed by atoms with Gasteiger partial charge in [-0.1, -0.05) is 0 Å². The predicted molar refractivity (Wildman–Crippen MR) is 79.8 cm³/mol. The molecule has 1 aromatic heterocycles. The number of nitrogens with one attached hydrogen (secondary N) is 1. The van der Waals surface area contributed by atoms with Crippen LogP contribution < -0.4 is 10.1 Å². The van der Waals surface area contributed by atoms with Crippen molar-refractivity contribution in [3.8, 4) is 11.8 Å². The number of anilines is 1. The van der Waals surface area contributed by atoms with Gasteiger partial charge < -0.3 is 20.3 Å². The summed E-state index contributed by atoms with van der Waals surface area (Å²) >= 11 is 0. The SMILES string of the molecule is CC(O)(CNc1c(C#N)cnc2ccc(OC(F)F)cc12)C(=O)O. The molecule has 126 valence electrons. The summed E-state index contributed by atoms with van der Waals surface area (Å²) in [6.45, 7) is -2.34. The molecule has 1 unspecified atom stereocenters. The lowest BCUT2D eigenvalue weighted by atomic mass is 10.1. The molecule has 1 heterocycles. The number of aliphatic carboxylic acids is 1. The number of carbonyl (C=O) groups is 1. The van der Waals surface area contributed by atoms with Crippen molar-refractivity contribution in [2.45, 2.75) is 19.1 Å². The first-order valence-corrected chi connectivity index (χ1v) is 6.72. The van der Waals surface area contributed by atoms with Crippen molar-refractivity contribution in [1.29, 1.82) is 5.26 Å². The third-order valence-corrected chi connectivity index (χ3v) is 3.26. The molecule has 7 nitrogen and oxygen atoms in total. The van der Waals surface area contributed by atoms with Crippen molar-refractivity contribution in [3.05, 3.63) is 30.0 Å². The summed E-state index contributed by atoms with van der Waals surface area (Å²) in [5.41, 5.74) is -1.46. The van der Waals surface area contributed by atoms with Crippen molar-refractivity contribution >= 4 is 22.6 Å². The molecule has 0 fully saturated rings. The second-order valence-electron chi connectivity index (χ2n) is 5.15. The molecule has 1 atom stereocenters. The molecule has 0 radical (unpaired) electrons. The molecule has 0 saturated heterocycles. The fourth-order valence-corrected chi connectivity index (χ4v) is 1.96. The van der Waals surface area contributed by atoms with Gasteiger partial charge in [0.05, 0.1) is 23.3 Å². The van der Waals surface area contributed by atoms with Gasteiger partial charge >= 0.3 is 12.6 Å². The number of benzene rings is 1. The minimum absolute atomic E-state index is 0.0675. The Bertz CT molecular complexity index is 818. The zero-order valence-electron chi connectivity index (χ0n) is 12.5. The fourth-order valence-electron chi connectivity index (χ4n) is 1.96. The zero-order chi connectivity index (χ0) is 17.9. The number of nitriles is 1. The van der Waals surface area contributed by atoms with Gasteiger partial charge in [-0.25, -0.2) is 4.79 Å². The molecule has 2 aromatic rings. The molecule has 9 heteroatoms. The lowest BCUT2D eigenvalue weighted by Crippen LogP contribution is -2.41. The smallest absolute Gasteiger partial charge is 0.387 e. The molecule has 0 aliphatic heterocycles. The van der Waals surface area contributed by atoms with Crippen LogP contribution in [0.5, 0.6) is 5.75 Å². The predicted octanol–water partition coefficient (Wildman–Crippen LogP) is 1.96. The van der Waals surface area contributed by atoms with Crippen LogP contribution in [0.2, 0.25) is 0 Å². The quantitative estimate of drug-likeness (QED) is 0.738. The number of ether oxygens (including phenoxy) is 1. The van der Waals surface area contributed by atoms with Crippen LogP contribution in [0.3, 0.4) is 0 Å². The summed E-state index contributed by atoms with van der Waals surface area (Å²) in [5, 5.41) is 30.8. The van der Waals surface area contributed by atoms with Gasteiger partial charge in [0.2, 0.25) is 0 Å². The number of aromatic nitrogens is 1. The maximum absolute atomic E-state index is 12.4. The summed E-state index contributed by atoms with van der Waals surface area (Å²) < 4.78 is 29.0. The summed E-state index contributed by atoms with van der Waals surface area (Å²) in [7, 11) is 0. The summed E-state index contributed by atoms with van der Waals surface area (Å²) in [6.07, 6.45) is 1.26. The van der Waals surface area contributed by atoms with E-state index in [9.17, 15) is 23.9 Å². The molecule has 3 N–H and O–H groups in total. The highest BCUT2D eigenvalue weighted by Gasteiger charge is 2.30. The van der Waals surface area contributed by atoms with Crippen molar-refractivity contribution in [2.75, 3.05) is 11.9 Å². The monoisotopic (exact) mass is 337 g/mol. The van der Waals surface area contributed by atoms with Crippen LogP contribution in [0.25, 0.3) is 10.9 Å². The maximum Gasteiger partial charge on any atom is 0.387 e. The Morgan fingerprint density at radius 1 is 1.54 bits per heavy atom. The first-order valence-electron chi connectivity index (χ1n) is 6.72. The first-order chi connectivity index (χ1) is 11.2. The zero-order valence-corrected chi connectivity index (χ0v) is 12.5. The van der Waals surface area contributed by atoms with Gasteiger partial charge in [0, 0.05) is 11.6 Å². The van der Waals surface area contributed by atoms with Crippen LogP contribution in [0.1, 0.15) is 12.5 Å². The highest BCUT2D eigenvalue weighted by molar-refractivity contribution is 5.95. The number of carboxylic acid groups (broad SMARTS) is 1. The summed E-state index contributed by atoms with van der Waals surface area (Å²) in [5.74, 6) is -1.59. The van der Waals surface area contributed by atoms with E-state index in [0.717, 1.165) is 6.92 Å². The third-order valence-electron chi connectivity index (χ3n) is 3.26. The van der Waals surface area contributed by atoms with E-state index in [4.69, 9.17) is 5.11 Å². The number of nitrogens with zero attached hydrogens (tertiary/aromatic N) is 2. The first kappa shape index (κ1) is 17.4. The number of carboxylic acids is 1. The van der Waals surface area contributed by atoms with E-state index >= 15 is 0 Å². The molecule has 0 aliphatic rings. The normalized spacial score (nSPS) is 13.3. The van der Waals surface area contributed by atoms with Gasteiger partial charge in [-0.2, -0.15) is 14.0 Å². The minimum Gasteiger partial charge on any atom is -0.479 e. The molecular formula is C15H13F2N3O4. The molecule has 24 heavy (non-hydrogen) atoms. The number of pyridine rings is 1. The van der Waals surface area contributed by atoms with E-state index in [1.807, 2.05) is 6.07 Å². The van der Waals surface area contributed by atoms with E-state index in [1.165, 1.54) is 24.4 Å². The van der Waals surface area contributed by atoms with E-state index < -0.39 is 24.7 Å². The maximum atomic E-state index is 12.4. The Morgan fingerprint density at radius 3 is 2.83 bits per heavy atom. The Morgan fingerprint density at radius 2 is 2.25 bits per heavy atom. The average molecular weight is 337 g/mol. The second-order valence-corrected chi connectivity index (χ2v) is 5.15. The van der Waals surface area contributed by atoms with Gasteiger partial charge in [0.25, 0.3) is 0 Å². The summed E-state index contributed by atoms with van der Waals surface area (Å²) in [6, 6.07) is 5.85. The van der Waals surface area contributed by atoms with Gasteiger partial charge in [-0.05, 0) is 25.1 Å². The van der Waals surface area contributed by atoms with Crippen LogP contribution in [0, 0.1) is 11.3 Å². The van der Waals surface area contributed by atoms with Gasteiger partial charge in [-0.3, -0.25) is 4.98 Å². The molecule has 1 aromatic carbocycles. The lowest BCUT2D eigenvalue weighted by Gasteiger charge is -2.20. The van der Waals surface area contributed by atoms with Crippen LogP contribution in [-0.4, -0.2) is 39.9 Å². The Balaban J connectivity index is 2.48. The lowest BCUT2D eigenvalue weighted by molar-refractivity contribution is -0.155. The van der Waals surface area contributed by atoms with E-state index in [0.29, 0.717) is 5.52 Å². The Hall–Kier alpha value is -2.99. The number of rotatable bonds is 6. The fraction of sp³-hybridized carbons (Fsp3) is 0.267. The van der Waals surface area contributed by atoms with E-state index in [-0.39, 0.29) is 22.4 Å². The molecule has 0 bridgehead atoms. The van der Waals surface area contributed by atoms with Gasteiger partial charge in [-0.15, -0.1) is 0 Å². The molecular weight excluding hydrogens is 324 g/mol. The summed E-state index contributed by atoms with van der Waals surface area (Å²) in [4.78, 5) is 15.0. The number of hydrogen-bond donors (Lipinski definition) is 3. The van der Waals surface area contributed by atoms with Crippen LogP contribution in [-0.2, 0) is 4.79 Å². The van der Waals surface area contributed by atoms with Crippen LogP contribution >= 0.6 is 0 Å². The van der Waals surface area contributed by atoms with Gasteiger partial charge in [0.1, 0.15) is 11.8 Å². The third kappa shape index (κ3) is 3.67. The molecule has 0 saturated carbocycles. The highest BCUT2D eigenvalue weighted by atomic mass is 19.3. The average Bonchev–Trinajstić information content (AvgIpc) is 2.51. The minimum atomic E-state index is -3.02. The number of aliphatic hydroxyl groups is 1. The van der Waals surface area contributed by atoms with Crippen molar-refractivity contribution in [3.63, 3.8) is 0 Å². The van der Waals surface area contributed by atoms with Crippen molar-refractivity contribution in [1.82, 2.24) is 4.98 Å². The molecule has 0 spiro atoms. The Labute approximate surface area is 135 Å². The van der Waals surface area contributed by atoms with Crippen molar-refractivity contribution in [2.24, 2.45) is 0 Å². The standard InChI is InChI=1S/C15H13F2N3O4/c1-15(23,13(21)22)7-20-12-8(5-18)6-19-11-3-2-9(4-10(11)12)24-14(16)17/h2-4,6,14,23H,7H2,1H3,(H,19,20)(H,21,22). The van der Waals surface area contributed by atoms with Gasteiger partial charge in [0.15, 0.2) is 5.60 Å². The van der Waals surface area contributed by atoms with E-state index in [2.05, 4.69) is 15.0 Å². The number of alkyl halides is 2. The molecule has 2 rings (SSSR count). The molecule has 0 aliphatic carbocycles. The highest BCUT2D eigenvalue weighted by Crippen LogP contribution is 2.30. The second kappa shape index (κ2) is 6.64. The Kier molecular flexibility index (Phi) is 4.80. The van der Waals surface area contributed by atoms with Crippen LogP contribution in [0.4, 0.5) is 14.5 Å². The van der Waals surface area contributed by atoms with Crippen LogP contribution in [0.15, 0.2) is 24.4 Å². The van der Waals surface area contributed by atoms with Crippen molar-refractivity contribution < 1.29 is 28.5 Å². The topological polar surface area (TPSA) is 115 Å². The van der Waals surface area contributed by atoms with E-state index in [1.54, 1.807) is 0 Å². The number of halogens is 2. The number of fused-ring (bicyclic) bond motifs is 1.